The smallest absolute Gasteiger partial charge is 0.481 e. The molecule has 3 heteroatoms. The summed E-state index contributed by atoms with van der Waals surface area (Å²) in [6, 6.07) is 0. The van der Waals surface area contributed by atoms with Gasteiger partial charge in [0.2, 0.25) is 0 Å². The molecular weight excluding hydrogens is 344 g/mol. The van der Waals surface area contributed by atoms with Crippen LogP contribution in [0.1, 0.15) is 83.5 Å². The molecule has 0 aromatic rings. The number of rotatable bonds is 1. The van der Waals surface area contributed by atoms with Crippen LogP contribution in [0.15, 0.2) is 22.3 Å². The van der Waals surface area contributed by atoms with Gasteiger partial charge in [0, 0.05) is 0 Å². The fraction of sp³-hybridized carbons (Fsp3) is 0.636. The van der Waals surface area contributed by atoms with Gasteiger partial charge in [0.05, 0.1) is 5.92 Å². The first-order valence-corrected chi connectivity index (χ1v) is 9.25. The molecule has 0 aromatic heterocycles. The normalized spacial score (nSPS) is 21.9. The minimum atomic E-state index is -0.602. The monoisotopic (exact) mass is 379 g/mol. The standard InChI is InChI=1S/C13H17.C7H12O2.2CH3.Ti/c1-3-7-12-10(5-1)9-11-6-2-4-8-13(11)12;8-7(9)6-4-2-1-3-5-6;;;/h5H,1-4,6-9H2;6H,1-5H2,(H,8,9);2*1H3;/q-1;;2*-1;+3. The van der Waals surface area contributed by atoms with E-state index in [2.05, 4.69) is 6.42 Å². The average Bonchev–Trinajstić information content (AvgIpc) is 2.95. The van der Waals surface area contributed by atoms with Crippen LogP contribution in [0.3, 0.4) is 0 Å². The Morgan fingerprint density at radius 1 is 0.880 bits per heavy atom. The number of allylic oxidation sites excluding steroid dienone is 4. The summed E-state index contributed by atoms with van der Waals surface area (Å²) >= 11 is 0. The van der Waals surface area contributed by atoms with Gasteiger partial charge in [-0.05, 0) is 38.5 Å². The van der Waals surface area contributed by atoms with Gasteiger partial charge in [-0.15, -0.1) is 12.0 Å². The van der Waals surface area contributed by atoms with Gasteiger partial charge in [0.25, 0.3) is 0 Å². The van der Waals surface area contributed by atoms with Crippen molar-refractivity contribution in [3.63, 3.8) is 0 Å². The number of fused-ring (bicyclic) bond motifs is 1. The van der Waals surface area contributed by atoms with E-state index in [1.165, 1.54) is 57.8 Å². The zero-order chi connectivity index (χ0) is 15.4. The molecule has 0 aliphatic heterocycles. The van der Waals surface area contributed by atoms with Crippen molar-refractivity contribution in [2.24, 2.45) is 5.92 Å². The second kappa shape index (κ2) is 12.0. The van der Waals surface area contributed by atoms with Crippen molar-refractivity contribution < 1.29 is 31.6 Å². The van der Waals surface area contributed by atoms with Gasteiger partial charge in [-0.3, -0.25) is 4.79 Å². The quantitative estimate of drug-likeness (QED) is 0.417. The van der Waals surface area contributed by atoms with Gasteiger partial charge in [-0.2, -0.15) is 5.57 Å². The van der Waals surface area contributed by atoms with Crippen LogP contribution in [0.25, 0.3) is 0 Å². The van der Waals surface area contributed by atoms with E-state index in [-0.39, 0.29) is 42.5 Å². The minimum Gasteiger partial charge on any atom is -0.481 e. The third-order valence-corrected chi connectivity index (χ3v) is 5.71. The molecule has 0 unspecified atom stereocenters. The molecule has 0 atom stereocenters. The van der Waals surface area contributed by atoms with Gasteiger partial charge in [-0.1, -0.05) is 44.1 Å². The Morgan fingerprint density at radius 3 is 2.16 bits per heavy atom. The predicted octanol–water partition coefficient (Wildman–Crippen LogP) is 6.49. The molecule has 2 nitrogen and oxygen atoms in total. The van der Waals surface area contributed by atoms with E-state index >= 15 is 0 Å². The summed E-state index contributed by atoms with van der Waals surface area (Å²) in [4.78, 5) is 10.4. The van der Waals surface area contributed by atoms with Crippen molar-refractivity contribution in [1.29, 1.82) is 0 Å². The molecule has 1 fully saturated rings. The Hall–Kier alpha value is -0.466. The van der Waals surface area contributed by atoms with Crippen molar-refractivity contribution in [2.45, 2.75) is 83.5 Å². The van der Waals surface area contributed by atoms with E-state index in [1.54, 1.807) is 22.3 Å². The van der Waals surface area contributed by atoms with E-state index in [9.17, 15) is 4.79 Å². The van der Waals surface area contributed by atoms with Gasteiger partial charge >= 0.3 is 27.7 Å². The Balaban J connectivity index is 0.000000435. The van der Waals surface area contributed by atoms with Gasteiger partial charge in [-0.25, -0.2) is 12.0 Å². The maximum absolute atomic E-state index is 10.4. The molecule has 1 saturated carbocycles. The zero-order valence-corrected chi connectivity index (χ0v) is 17.8. The van der Waals surface area contributed by atoms with E-state index in [1.807, 2.05) is 0 Å². The summed E-state index contributed by atoms with van der Waals surface area (Å²) in [5.74, 6) is -0.631. The number of hydrogen-bond acceptors (Lipinski definition) is 1. The van der Waals surface area contributed by atoms with Crippen molar-refractivity contribution in [3.05, 3.63) is 43.6 Å². The van der Waals surface area contributed by atoms with Crippen molar-refractivity contribution in [3.8, 4) is 0 Å². The number of aliphatic carboxylic acids is 1. The molecule has 0 heterocycles. The number of hydrogen-bond donors (Lipinski definition) is 1. The first kappa shape index (κ1) is 24.5. The second-order valence-electron chi connectivity index (χ2n) is 7.24. The van der Waals surface area contributed by atoms with E-state index in [0.29, 0.717) is 0 Å². The zero-order valence-electron chi connectivity index (χ0n) is 16.2. The molecule has 25 heavy (non-hydrogen) atoms. The molecule has 0 saturated heterocycles. The van der Waals surface area contributed by atoms with Crippen molar-refractivity contribution in [2.75, 3.05) is 0 Å². The predicted molar refractivity (Wildman–Crippen MR) is 102 cm³/mol. The SMILES string of the molecule is O=C(O)C1CCCCC1.[CH-]1CCCC2=C1CC1=C2CCCC1.[CH3-].[CH3-].[Ti+3]. The van der Waals surface area contributed by atoms with Crippen molar-refractivity contribution >= 4 is 5.97 Å². The summed E-state index contributed by atoms with van der Waals surface area (Å²) in [6.07, 6.45) is 18.8. The Kier molecular flexibility index (Phi) is 11.8. The fourth-order valence-corrected chi connectivity index (χ4v) is 4.47. The van der Waals surface area contributed by atoms with Crippen LogP contribution in [-0.2, 0) is 26.5 Å². The van der Waals surface area contributed by atoms with Crippen LogP contribution in [-0.4, -0.2) is 11.1 Å². The fourth-order valence-electron chi connectivity index (χ4n) is 4.47. The maximum Gasteiger partial charge on any atom is 3.00 e. The molecular formula is C22H35O2Ti. The van der Waals surface area contributed by atoms with Crippen LogP contribution in [0.4, 0.5) is 0 Å². The first-order valence-electron chi connectivity index (χ1n) is 9.25. The van der Waals surface area contributed by atoms with Gasteiger partial charge in [0.1, 0.15) is 0 Å². The van der Waals surface area contributed by atoms with Crippen LogP contribution < -0.4 is 0 Å². The summed E-state index contributed by atoms with van der Waals surface area (Å²) < 4.78 is 0. The molecule has 0 bridgehead atoms. The summed E-state index contributed by atoms with van der Waals surface area (Å²) in [5, 5.41) is 8.54. The van der Waals surface area contributed by atoms with E-state index in [4.69, 9.17) is 5.11 Å². The molecule has 0 spiro atoms. The largest absolute Gasteiger partial charge is 3.00 e. The molecule has 1 radical (unpaired) electrons. The number of carboxylic acid groups (broad SMARTS) is 1. The van der Waals surface area contributed by atoms with Crippen LogP contribution in [0.5, 0.6) is 0 Å². The first-order chi connectivity index (χ1) is 10.8. The minimum absolute atomic E-state index is 0. The van der Waals surface area contributed by atoms with Gasteiger partial charge in [0.15, 0.2) is 0 Å². The topological polar surface area (TPSA) is 37.3 Å². The number of carbonyl (C=O) groups is 1. The Labute approximate surface area is 170 Å². The van der Waals surface area contributed by atoms with Gasteiger partial charge < -0.3 is 20.0 Å². The average molecular weight is 379 g/mol. The summed E-state index contributed by atoms with van der Waals surface area (Å²) in [7, 11) is 0. The number of carboxylic acids is 1. The van der Waals surface area contributed by atoms with Crippen molar-refractivity contribution in [1.82, 2.24) is 0 Å². The van der Waals surface area contributed by atoms with Crippen LogP contribution >= 0.6 is 0 Å². The maximum atomic E-state index is 10.4. The third kappa shape index (κ3) is 6.33. The molecule has 4 rings (SSSR count). The molecule has 0 amide bonds. The van der Waals surface area contributed by atoms with Crippen LogP contribution in [0, 0.1) is 27.2 Å². The summed E-state index contributed by atoms with van der Waals surface area (Å²) in [5.41, 5.74) is 7.06. The Morgan fingerprint density at radius 2 is 1.52 bits per heavy atom. The molecule has 0 aromatic carbocycles. The summed E-state index contributed by atoms with van der Waals surface area (Å²) in [6.45, 7) is 0. The molecule has 1 N–H and O–H groups in total. The third-order valence-electron chi connectivity index (χ3n) is 5.71. The van der Waals surface area contributed by atoms with E-state index < -0.39 is 5.97 Å². The van der Waals surface area contributed by atoms with E-state index in [0.717, 1.165) is 25.7 Å². The molecule has 4 aliphatic carbocycles. The Bertz CT molecular complexity index is 454. The second-order valence-corrected chi connectivity index (χ2v) is 7.24. The molecule has 139 valence electrons. The van der Waals surface area contributed by atoms with Crippen LogP contribution in [0.2, 0.25) is 0 Å². The molecule has 4 aliphatic rings.